The monoisotopic (exact) mass is 211 g/mol. The average Bonchev–Trinajstić information content (AvgIpc) is 1.92. The summed E-state index contributed by atoms with van der Waals surface area (Å²) in [5, 5.41) is 0. The Hall–Kier alpha value is -0.550. The fourth-order valence-electron chi connectivity index (χ4n) is 1.41. The summed E-state index contributed by atoms with van der Waals surface area (Å²) in [5.74, 6) is 5.76. The van der Waals surface area contributed by atoms with Crippen LogP contribution in [0.2, 0.25) is 0 Å². The number of hydrogen-bond donors (Lipinski definition) is 0. The highest BCUT2D eigenvalue weighted by atomic mass is 19.1. The smallest absolute Gasteiger partial charge is 0.195 e. The van der Waals surface area contributed by atoms with E-state index in [2.05, 4.69) is 37.5 Å². The van der Waals surface area contributed by atoms with Crippen LogP contribution < -0.4 is 0 Å². The predicted molar refractivity (Wildman–Crippen MR) is 62.4 cm³/mol. The lowest BCUT2D eigenvalue weighted by Gasteiger charge is -2.49. The Labute approximate surface area is 93.0 Å². The van der Waals surface area contributed by atoms with Crippen molar-refractivity contribution in [3.05, 3.63) is 0 Å². The third-order valence-electron chi connectivity index (χ3n) is 2.49. The van der Waals surface area contributed by atoms with Gasteiger partial charge in [-0.15, -0.1) is 0 Å². The molecule has 1 aliphatic heterocycles. The van der Waals surface area contributed by atoms with Gasteiger partial charge in [0.05, 0.1) is 0 Å². The molecule has 0 N–H and O–H groups in total. The molecule has 0 bridgehead atoms. The maximum atomic E-state index is 14.0. The summed E-state index contributed by atoms with van der Waals surface area (Å²) < 4.78 is 14.0. The van der Waals surface area contributed by atoms with Gasteiger partial charge in [0.1, 0.15) is 0 Å². The molecular formula is C13H22FN. The van der Waals surface area contributed by atoms with Crippen molar-refractivity contribution in [2.75, 3.05) is 13.1 Å². The molecule has 86 valence electrons. The Morgan fingerprint density at radius 1 is 1.07 bits per heavy atom. The molecule has 0 aromatic heterocycles. The van der Waals surface area contributed by atoms with E-state index in [0.29, 0.717) is 13.1 Å². The second kappa shape index (κ2) is 3.49. The minimum Gasteiger partial charge on any atom is -0.290 e. The lowest BCUT2D eigenvalue weighted by Crippen LogP contribution is -2.64. The van der Waals surface area contributed by atoms with Crippen LogP contribution in [0, 0.1) is 17.3 Å². The molecule has 0 aliphatic carbocycles. The molecule has 1 heterocycles. The van der Waals surface area contributed by atoms with Gasteiger partial charge in [0.15, 0.2) is 5.67 Å². The van der Waals surface area contributed by atoms with Gasteiger partial charge in [-0.1, -0.05) is 11.8 Å². The van der Waals surface area contributed by atoms with Crippen molar-refractivity contribution < 1.29 is 4.39 Å². The fraction of sp³-hybridized carbons (Fsp3) is 0.846. The zero-order valence-electron chi connectivity index (χ0n) is 10.7. The number of likely N-dealkylation sites (tertiary alicyclic amines) is 1. The molecule has 2 heteroatoms. The van der Waals surface area contributed by atoms with Gasteiger partial charge in [-0.05, 0) is 41.5 Å². The Morgan fingerprint density at radius 2 is 1.53 bits per heavy atom. The van der Waals surface area contributed by atoms with Crippen molar-refractivity contribution in [2.24, 2.45) is 5.41 Å². The van der Waals surface area contributed by atoms with Gasteiger partial charge in [0, 0.05) is 24.0 Å². The molecule has 1 aliphatic rings. The van der Waals surface area contributed by atoms with Crippen LogP contribution in [0.15, 0.2) is 0 Å². The van der Waals surface area contributed by atoms with Crippen LogP contribution >= 0.6 is 0 Å². The molecule has 1 rings (SSSR count). The highest BCUT2D eigenvalue weighted by Crippen LogP contribution is 2.31. The van der Waals surface area contributed by atoms with Crippen molar-refractivity contribution in [3.63, 3.8) is 0 Å². The second-order valence-corrected chi connectivity index (χ2v) is 6.49. The molecular weight excluding hydrogens is 189 g/mol. The topological polar surface area (TPSA) is 3.24 Å². The Kier molecular flexibility index (Phi) is 2.91. The lowest BCUT2D eigenvalue weighted by atomic mass is 9.88. The van der Waals surface area contributed by atoms with Crippen LogP contribution in [0.3, 0.4) is 0 Å². The quantitative estimate of drug-likeness (QED) is 0.557. The molecule has 0 aromatic carbocycles. The van der Waals surface area contributed by atoms with Crippen molar-refractivity contribution in [3.8, 4) is 11.8 Å². The van der Waals surface area contributed by atoms with E-state index >= 15 is 0 Å². The van der Waals surface area contributed by atoms with E-state index in [1.165, 1.54) is 0 Å². The maximum absolute atomic E-state index is 14.0. The van der Waals surface area contributed by atoms with E-state index in [1.54, 1.807) is 0 Å². The maximum Gasteiger partial charge on any atom is 0.195 e. The van der Waals surface area contributed by atoms with E-state index in [9.17, 15) is 4.39 Å². The molecule has 0 unspecified atom stereocenters. The lowest BCUT2D eigenvalue weighted by molar-refractivity contribution is -0.0449. The van der Waals surface area contributed by atoms with Gasteiger partial charge >= 0.3 is 0 Å². The van der Waals surface area contributed by atoms with Crippen LogP contribution in [-0.4, -0.2) is 29.2 Å². The molecule has 0 saturated carbocycles. The first kappa shape index (κ1) is 12.5. The van der Waals surface area contributed by atoms with Crippen molar-refractivity contribution in [1.29, 1.82) is 0 Å². The highest BCUT2D eigenvalue weighted by molar-refractivity contribution is 5.24. The molecule has 0 radical (unpaired) electrons. The summed E-state index contributed by atoms with van der Waals surface area (Å²) in [5.41, 5.74) is -1.33. The highest BCUT2D eigenvalue weighted by Gasteiger charge is 2.46. The largest absolute Gasteiger partial charge is 0.290 e. The number of hydrogen-bond acceptors (Lipinski definition) is 1. The van der Waals surface area contributed by atoms with E-state index in [0.717, 1.165) is 0 Å². The Morgan fingerprint density at radius 3 is 1.87 bits per heavy atom. The Bertz CT molecular complexity index is 289. The van der Waals surface area contributed by atoms with E-state index < -0.39 is 5.67 Å². The van der Waals surface area contributed by atoms with E-state index in [4.69, 9.17) is 0 Å². The van der Waals surface area contributed by atoms with Gasteiger partial charge in [-0.25, -0.2) is 4.39 Å². The van der Waals surface area contributed by atoms with Crippen LogP contribution in [0.25, 0.3) is 0 Å². The summed E-state index contributed by atoms with van der Waals surface area (Å²) >= 11 is 0. The zero-order valence-corrected chi connectivity index (χ0v) is 10.7. The first-order chi connectivity index (χ1) is 6.52. The first-order valence-electron chi connectivity index (χ1n) is 5.50. The molecule has 0 spiro atoms. The van der Waals surface area contributed by atoms with Gasteiger partial charge in [-0.3, -0.25) is 4.90 Å². The minimum atomic E-state index is -1.28. The summed E-state index contributed by atoms with van der Waals surface area (Å²) in [6.45, 7) is 13.2. The third kappa shape index (κ3) is 3.50. The first-order valence-corrected chi connectivity index (χ1v) is 5.50. The second-order valence-electron chi connectivity index (χ2n) is 6.49. The third-order valence-corrected chi connectivity index (χ3v) is 2.49. The van der Waals surface area contributed by atoms with Crippen LogP contribution in [0.1, 0.15) is 41.5 Å². The zero-order chi connectivity index (χ0) is 11.9. The average molecular weight is 211 g/mol. The summed E-state index contributed by atoms with van der Waals surface area (Å²) in [6, 6.07) is 0. The normalized spacial score (nSPS) is 21.5. The minimum absolute atomic E-state index is 0.0546. The molecule has 1 saturated heterocycles. The number of nitrogens with zero attached hydrogens (tertiary/aromatic N) is 1. The summed E-state index contributed by atoms with van der Waals surface area (Å²) in [4.78, 5) is 2.12. The summed E-state index contributed by atoms with van der Waals surface area (Å²) in [6.07, 6.45) is 0. The number of halogens is 1. The SMILES string of the molecule is CC(C)(C)C#CC1(F)CN(C(C)(C)C)C1. The standard InChI is InChI=1S/C13H22FN/c1-11(2,3)7-8-13(14)9-15(10-13)12(4,5)6/h9-10H2,1-6H3. The summed E-state index contributed by atoms with van der Waals surface area (Å²) in [7, 11) is 0. The molecule has 0 aromatic rings. The van der Waals surface area contributed by atoms with E-state index in [-0.39, 0.29) is 11.0 Å². The van der Waals surface area contributed by atoms with Crippen LogP contribution in [0.5, 0.6) is 0 Å². The molecule has 0 atom stereocenters. The molecule has 1 fully saturated rings. The predicted octanol–water partition coefficient (Wildman–Crippen LogP) is 2.86. The molecule has 0 amide bonds. The van der Waals surface area contributed by atoms with Crippen molar-refractivity contribution in [1.82, 2.24) is 4.90 Å². The van der Waals surface area contributed by atoms with Crippen LogP contribution in [-0.2, 0) is 0 Å². The van der Waals surface area contributed by atoms with Gasteiger partial charge < -0.3 is 0 Å². The Balaban J connectivity index is 2.58. The molecule has 1 nitrogen and oxygen atoms in total. The van der Waals surface area contributed by atoms with Gasteiger partial charge in [0.25, 0.3) is 0 Å². The van der Waals surface area contributed by atoms with Crippen molar-refractivity contribution >= 4 is 0 Å². The van der Waals surface area contributed by atoms with Gasteiger partial charge in [0.2, 0.25) is 0 Å². The number of alkyl halides is 1. The molecule has 15 heavy (non-hydrogen) atoms. The number of rotatable bonds is 0. The van der Waals surface area contributed by atoms with E-state index in [1.807, 2.05) is 20.8 Å². The van der Waals surface area contributed by atoms with Gasteiger partial charge in [-0.2, -0.15) is 0 Å². The fourth-order valence-corrected chi connectivity index (χ4v) is 1.41. The van der Waals surface area contributed by atoms with Crippen molar-refractivity contribution in [2.45, 2.75) is 52.8 Å². The van der Waals surface area contributed by atoms with Crippen LogP contribution in [0.4, 0.5) is 4.39 Å².